The molecule has 6 heteroatoms. The summed E-state index contributed by atoms with van der Waals surface area (Å²) < 4.78 is 0. The van der Waals surface area contributed by atoms with E-state index in [2.05, 4.69) is 10.2 Å². The number of fused-ring (bicyclic) bond motifs is 1. The second-order valence-electron chi connectivity index (χ2n) is 2.99. The van der Waals surface area contributed by atoms with E-state index in [9.17, 15) is 4.79 Å². The fourth-order valence-electron chi connectivity index (χ4n) is 1.30. The molecule has 1 aromatic carbocycles. The monoisotopic (exact) mass is 223 g/mol. The lowest BCUT2D eigenvalue weighted by molar-refractivity contribution is -0.133. The number of hydrogen-bond donors (Lipinski definition) is 3. The number of benzene rings is 1. The van der Waals surface area contributed by atoms with Crippen molar-refractivity contribution in [2.24, 2.45) is 0 Å². The molecule has 78 valence electrons. The van der Waals surface area contributed by atoms with E-state index in [4.69, 9.17) is 10.8 Å². The van der Waals surface area contributed by atoms with Gasteiger partial charge in [-0.1, -0.05) is 0 Å². The van der Waals surface area contributed by atoms with Gasteiger partial charge in [-0.05, 0) is 12.1 Å². The van der Waals surface area contributed by atoms with Gasteiger partial charge >= 0.3 is 5.97 Å². The highest BCUT2D eigenvalue weighted by Gasteiger charge is 2.07. The van der Waals surface area contributed by atoms with Gasteiger partial charge < -0.3 is 10.8 Å². The number of H-pyrrole nitrogens is 1. The first-order valence-electron chi connectivity index (χ1n) is 4.24. The first-order chi connectivity index (χ1) is 7.18. The number of nitrogens with zero attached hydrogens (tertiary/aromatic N) is 1. The van der Waals surface area contributed by atoms with E-state index in [1.54, 1.807) is 18.3 Å². The number of nitrogen functional groups attached to an aromatic ring is 1. The van der Waals surface area contributed by atoms with Crippen LogP contribution in [0, 0.1) is 0 Å². The van der Waals surface area contributed by atoms with Crippen molar-refractivity contribution in [3.63, 3.8) is 0 Å². The van der Waals surface area contributed by atoms with Gasteiger partial charge in [-0.15, -0.1) is 11.8 Å². The summed E-state index contributed by atoms with van der Waals surface area (Å²) in [6.07, 6.45) is 1.65. The summed E-state index contributed by atoms with van der Waals surface area (Å²) >= 11 is 1.26. The molecular weight excluding hydrogens is 214 g/mol. The third-order valence-corrected chi connectivity index (χ3v) is 3.02. The van der Waals surface area contributed by atoms with Crippen LogP contribution in [0.4, 0.5) is 5.69 Å². The van der Waals surface area contributed by atoms with E-state index in [1.165, 1.54) is 11.8 Å². The largest absolute Gasteiger partial charge is 0.481 e. The van der Waals surface area contributed by atoms with Crippen molar-refractivity contribution in [1.29, 1.82) is 0 Å². The Labute approximate surface area is 89.7 Å². The molecule has 15 heavy (non-hydrogen) atoms. The van der Waals surface area contributed by atoms with E-state index >= 15 is 0 Å². The van der Waals surface area contributed by atoms with Gasteiger partial charge in [0.25, 0.3) is 0 Å². The Kier molecular flexibility index (Phi) is 2.51. The fraction of sp³-hybridized carbons (Fsp3) is 0.111. The third-order valence-electron chi connectivity index (χ3n) is 1.96. The van der Waals surface area contributed by atoms with Gasteiger partial charge in [0, 0.05) is 10.3 Å². The molecule has 0 fully saturated rings. The van der Waals surface area contributed by atoms with Gasteiger partial charge in [0.1, 0.15) is 0 Å². The molecule has 0 aliphatic heterocycles. The minimum Gasteiger partial charge on any atom is -0.481 e. The molecule has 0 saturated heterocycles. The van der Waals surface area contributed by atoms with Crippen molar-refractivity contribution >= 4 is 34.3 Å². The number of aliphatic carboxylic acids is 1. The number of thioether (sulfide) groups is 1. The predicted octanol–water partition coefficient (Wildman–Crippen LogP) is 1.32. The molecule has 0 spiro atoms. The van der Waals surface area contributed by atoms with Crippen LogP contribution in [0.5, 0.6) is 0 Å². The first kappa shape index (κ1) is 9.85. The Morgan fingerprint density at radius 2 is 2.40 bits per heavy atom. The summed E-state index contributed by atoms with van der Waals surface area (Å²) in [5.41, 5.74) is 7.10. The summed E-state index contributed by atoms with van der Waals surface area (Å²) in [7, 11) is 0. The van der Waals surface area contributed by atoms with Crippen LogP contribution >= 0.6 is 11.8 Å². The first-order valence-corrected chi connectivity index (χ1v) is 5.23. The normalized spacial score (nSPS) is 10.7. The molecule has 0 radical (unpaired) electrons. The molecule has 0 bridgehead atoms. The standard InChI is InChI=1S/C9H9N3O2S/c10-6-1-2-7(15-4-8(13)14)5-3-11-12-9(5)6/h1-3H,4,10H2,(H,11,12)(H,13,14). The van der Waals surface area contributed by atoms with Gasteiger partial charge in [0.15, 0.2) is 0 Å². The van der Waals surface area contributed by atoms with Crippen LogP contribution in [-0.2, 0) is 4.79 Å². The van der Waals surface area contributed by atoms with Gasteiger partial charge in [-0.25, -0.2) is 0 Å². The summed E-state index contributed by atoms with van der Waals surface area (Å²) in [4.78, 5) is 11.3. The maximum Gasteiger partial charge on any atom is 0.313 e. The van der Waals surface area contributed by atoms with Crippen LogP contribution in [0.15, 0.2) is 23.2 Å². The Hall–Kier alpha value is -1.69. The zero-order valence-corrected chi connectivity index (χ0v) is 8.54. The minimum absolute atomic E-state index is 0.0319. The zero-order chi connectivity index (χ0) is 10.8. The minimum atomic E-state index is -0.839. The molecular formula is C9H9N3O2S. The average Bonchev–Trinajstić information content (AvgIpc) is 2.66. The smallest absolute Gasteiger partial charge is 0.313 e. The summed E-state index contributed by atoms with van der Waals surface area (Å²) in [6, 6.07) is 3.55. The number of carbonyl (C=O) groups is 1. The fourth-order valence-corrected chi connectivity index (χ4v) is 2.05. The molecule has 0 saturated carbocycles. The number of nitrogens with one attached hydrogen (secondary N) is 1. The Bertz CT molecular complexity index is 509. The third kappa shape index (κ3) is 1.89. The summed E-state index contributed by atoms with van der Waals surface area (Å²) in [6.45, 7) is 0. The molecule has 1 aromatic heterocycles. The quantitative estimate of drug-likeness (QED) is 0.539. The second-order valence-corrected chi connectivity index (χ2v) is 4.01. The van der Waals surface area contributed by atoms with Crippen LogP contribution in [0.25, 0.3) is 10.9 Å². The topological polar surface area (TPSA) is 92.0 Å². The summed E-state index contributed by atoms with van der Waals surface area (Å²) in [5, 5.41) is 16.1. The SMILES string of the molecule is Nc1ccc(SCC(=O)O)c2cn[nH]c12. The lowest BCUT2D eigenvalue weighted by Gasteiger charge is -2.02. The molecule has 0 aliphatic rings. The van der Waals surface area contributed by atoms with E-state index in [0.29, 0.717) is 5.69 Å². The average molecular weight is 223 g/mol. The Balaban J connectivity index is 2.39. The van der Waals surface area contributed by atoms with E-state index in [0.717, 1.165) is 15.8 Å². The molecule has 1 heterocycles. The van der Waals surface area contributed by atoms with Crippen LogP contribution in [0.1, 0.15) is 0 Å². The lowest BCUT2D eigenvalue weighted by atomic mass is 10.2. The van der Waals surface area contributed by atoms with Crippen molar-refractivity contribution in [3.05, 3.63) is 18.3 Å². The number of anilines is 1. The van der Waals surface area contributed by atoms with Gasteiger partial charge in [-0.2, -0.15) is 5.10 Å². The van der Waals surface area contributed by atoms with Gasteiger partial charge in [-0.3, -0.25) is 9.89 Å². The van der Waals surface area contributed by atoms with Crippen molar-refractivity contribution in [2.75, 3.05) is 11.5 Å². The van der Waals surface area contributed by atoms with Crippen LogP contribution in [0.3, 0.4) is 0 Å². The zero-order valence-electron chi connectivity index (χ0n) is 7.73. The molecule has 0 aliphatic carbocycles. The van der Waals surface area contributed by atoms with E-state index < -0.39 is 5.97 Å². The lowest BCUT2D eigenvalue weighted by Crippen LogP contribution is -1.97. The van der Waals surface area contributed by atoms with Crippen molar-refractivity contribution in [2.45, 2.75) is 4.90 Å². The van der Waals surface area contributed by atoms with Crippen LogP contribution in [-0.4, -0.2) is 27.0 Å². The number of carboxylic acids is 1. The number of carboxylic acid groups (broad SMARTS) is 1. The number of rotatable bonds is 3. The van der Waals surface area contributed by atoms with E-state index in [-0.39, 0.29) is 5.75 Å². The molecule has 5 nitrogen and oxygen atoms in total. The van der Waals surface area contributed by atoms with Crippen LogP contribution in [0.2, 0.25) is 0 Å². The van der Waals surface area contributed by atoms with Crippen molar-refractivity contribution in [3.8, 4) is 0 Å². The molecule has 0 atom stereocenters. The van der Waals surface area contributed by atoms with Crippen molar-refractivity contribution < 1.29 is 9.90 Å². The maximum atomic E-state index is 10.4. The van der Waals surface area contributed by atoms with Crippen molar-refractivity contribution in [1.82, 2.24) is 10.2 Å². The predicted molar refractivity (Wildman–Crippen MR) is 58.9 cm³/mol. The molecule has 2 rings (SSSR count). The highest BCUT2D eigenvalue weighted by Crippen LogP contribution is 2.29. The Morgan fingerprint density at radius 1 is 1.60 bits per heavy atom. The van der Waals surface area contributed by atoms with Crippen LogP contribution < -0.4 is 5.73 Å². The Morgan fingerprint density at radius 3 is 3.13 bits per heavy atom. The van der Waals surface area contributed by atoms with E-state index in [1.807, 2.05) is 0 Å². The number of hydrogen-bond acceptors (Lipinski definition) is 4. The second kappa shape index (κ2) is 3.82. The number of nitrogens with two attached hydrogens (primary N) is 1. The number of aromatic nitrogens is 2. The highest BCUT2D eigenvalue weighted by atomic mass is 32.2. The molecule has 4 N–H and O–H groups in total. The highest BCUT2D eigenvalue weighted by molar-refractivity contribution is 8.00. The summed E-state index contributed by atoms with van der Waals surface area (Å²) in [5.74, 6) is -0.807. The molecule has 2 aromatic rings. The van der Waals surface area contributed by atoms with Gasteiger partial charge in [0.2, 0.25) is 0 Å². The number of aromatic amines is 1. The van der Waals surface area contributed by atoms with Gasteiger partial charge in [0.05, 0.1) is 23.2 Å². The molecule has 0 unspecified atom stereocenters. The molecule has 0 amide bonds. The maximum absolute atomic E-state index is 10.4.